The fourth-order valence-electron chi connectivity index (χ4n) is 1.23. The lowest BCUT2D eigenvalue weighted by atomic mass is 10.2. The lowest BCUT2D eigenvalue weighted by Crippen LogP contribution is -2.31. The van der Waals surface area contributed by atoms with Gasteiger partial charge in [0.15, 0.2) is 5.11 Å². The molecule has 0 radical (unpaired) electrons. The van der Waals surface area contributed by atoms with Gasteiger partial charge in [0.25, 0.3) is 0 Å². The molecule has 0 aliphatic carbocycles. The number of ether oxygens (including phenoxy) is 1. The normalized spacial score (nSPS) is 11.7. The van der Waals surface area contributed by atoms with Crippen molar-refractivity contribution in [2.45, 2.75) is 26.8 Å². The Hall–Kier alpha value is -1.35. The number of halogens is 3. The van der Waals surface area contributed by atoms with Gasteiger partial charge in [0.1, 0.15) is 13.3 Å². The fraction of sp³-hybridized carbons (Fsp3) is 0.636. The predicted molar refractivity (Wildman–Crippen MR) is 73.3 cm³/mol. The molecule has 1 heterocycles. The summed E-state index contributed by atoms with van der Waals surface area (Å²) in [6.45, 7) is 3.25. The van der Waals surface area contributed by atoms with Gasteiger partial charge in [-0.2, -0.15) is 18.3 Å². The molecule has 2 N–H and O–H groups in total. The Balaban J connectivity index is 2.34. The summed E-state index contributed by atoms with van der Waals surface area (Å²) in [5.74, 6) is 0.452. The minimum absolute atomic E-state index is 0.270. The summed E-state index contributed by atoms with van der Waals surface area (Å²) in [5.41, 5.74) is 0.585. The highest BCUT2D eigenvalue weighted by Crippen LogP contribution is 2.14. The summed E-state index contributed by atoms with van der Waals surface area (Å²) in [7, 11) is 0. The van der Waals surface area contributed by atoms with Crippen LogP contribution in [0.15, 0.2) is 12.4 Å². The number of alkyl halides is 3. The minimum atomic E-state index is -4.34. The zero-order valence-electron chi connectivity index (χ0n) is 11.2. The second-order valence-electron chi connectivity index (χ2n) is 4.59. The Bertz CT molecular complexity index is 434. The van der Waals surface area contributed by atoms with E-state index in [1.54, 1.807) is 0 Å². The van der Waals surface area contributed by atoms with E-state index in [2.05, 4.69) is 20.5 Å². The Kier molecular flexibility index (Phi) is 6.21. The molecule has 0 aliphatic heterocycles. The number of nitrogens with one attached hydrogen (secondary N) is 2. The molecule has 0 atom stereocenters. The molecule has 0 spiro atoms. The Morgan fingerprint density at radius 3 is 2.80 bits per heavy atom. The standard InChI is InChI=1S/C11H17F3N4OS/c1-8(2)3-15-10(20)17-9-4-16-18(5-9)7-19-6-11(12,13)14/h4-5,8H,3,6-7H2,1-2H3,(H2,15,17,20). The van der Waals surface area contributed by atoms with E-state index in [1.807, 2.05) is 13.8 Å². The maximum Gasteiger partial charge on any atom is 0.411 e. The van der Waals surface area contributed by atoms with Crippen LogP contribution in [-0.2, 0) is 11.5 Å². The smallest absolute Gasteiger partial charge is 0.362 e. The lowest BCUT2D eigenvalue weighted by molar-refractivity contribution is -0.182. The van der Waals surface area contributed by atoms with Crippen LogP contribution in [0.3, 0.4) is 0 Å². The topological polar surface area (TPSA) is 51.1 Å². The number of thiocarbonyl (C=S) groups is 1. The number of hydrogen-bond donors (Lipinski definition) is 2. The molecule has 0 aromatic carbocycles. The third-order valence-electron chi connectivity index (χ3n) is 2.05. The zero-order valence-corrected chi connectivity index (χ0v) is 12.0. The molecule has 9 heteroatoms. The van der Waals surface area contributed by atoms with Gasteiger partial charge in [-0.05, 0) is 18.1 Å². The van der Waals surface area contributed by atoms with Gasteiger partial charge in [0.2, 0.25) is 0 Å². The van der Waals surface area contributed by atoms with E-state index >= 15 is 0 Å². The minimum Gasteiger partial charge on any atom is -0.362 e. The molecule has 0 bridgehead atoms. The molecule has 0 unspecified atom stereocenters. The Labute approximate surface area is 120 Å². The van der Waals surface area contributed by atoms with E-state index in [0.29, 0.717) is 16.7 Å². The van der Waals surface area contributed by atoms with Crippen LogP contribution in [0.25, 0.3) is 0 Å². The number of hydrogen-bond acceptors (Lipinski definition) is 3. The molecular formula is C11H17F3N4OS. The van der Waals surface area contributed by atoms with Gasteiger partial charge >= 0.3 is 6.18 Å². The van der Waals surface area contributed by atoms with Crippen LogP contribution in [0.1, 0.15) is 13.8 Å². The van der Waals surface area contributed by atoms with Gasteiger partial charge in [0, 0.05) is 6.54 Å². The van der Waals surface area contributed by atoms with Crippen LogP contribution in [-0.4, -0.2) is 34.2 Å². The first kappa shape index (κ1) is 16.7. The van der Waals surface area contributed by atoms with Crippen molar-refractivity contribution in [2.75, 3.05) is 18.5 Å². The molecular weight excluding hydrogens is 293 g/mol. The molecule has 114 valence electrons. The SMILES string of the molecule is CC(C)CNC(=S)Nc1cnn(COCC(F)(F)F)c1. The van der Waals surface area contributed by atoms with Crippen LogP contribution in [0.4, 0.5) is 18.9 Å². The molecule has 0 saturated heterocycles. The third-order valence-corrected chi connectivity index (χ3v) is 2.30. The van der Waals surface area contributed by atoms with Crippen LogP contribution < -0.4 is 10.6 Å². The van der Waals surface area contributed by atoms with E-state index in [4.69, 9.17) is 12.2 Å². The quantitative estimate of drug-likeness (QED) is 0.790. The lowest BCUT2D eigenvalue weighted by Gasteiger charge is -2.10. The second kappa shape index (κ2) is 7.44. The van der Waals surface area contributed by atoms with Crippen molar-refractivity contribution in [2.24, 2.45) is 5.92 Å². The molecule has 0 amide bonds. The van der Waals surface area contributed by atoms with Crippen LogP contribution in [0.5, 0.6) is 0 Å². The Morgan fingerprint density at radius 2 is 2.20 bits per heavy atom. The monoisotopic (exact) mass is 310 g/mol. The first-order valence-corrected chi connectivity index (χ1v) is 6.39. The van der Waals surface area contributed by atoms with Gasteiger partial charge in [-0.15, -0.1) is 0 Å². The molecule has 0 saturated carbocycles. The van der Waals surface area contributed by atoms with Crippen molar-refractivity contribution in [3.05, 3.63) is 12.4 Å². The molecule has 0 fully saturated rings. The van der Waals surface area contributed by atoms with E-state index in [1.165, 1.54) is 17.1 Å². The van der Waals surface area contributed by atoms with Crippen molar-refractivity contribution < 1.29 is 17.9 Å². The fourth-order valence-corrected chi connectivity index (χ4v) is 1.43. The summed E-state index contributed by atoms with van der Waals surface area (Å²) >= 11 is 5.06. The number of rotatable bonds is 6. The third kappa shape index (κ3) is 7.29. The predicted octanol–water partition coefficient (Wildman–Crippen LogP) is 2.36. The van der Waals surface area contributed by atoms with E-state index < -0.39 is 12.8 Å². The van der Waals surface area contributed by atoms with Crippen molar-refractivity contribution in [3.63, 3.8) is 0 Å². The highest BCUT2D eigenvalue weighted by molar-refractivity contribution is 7.80. The Morgan fingerprint density at radius 1 is 1.50 bits per heavy atom. The van der Waals surface area contributed by atoms with E-state index in [9.17, 15) is 13.2 Å². The maximum absolute atomic E-state index is 11.9. The first-order chi connectivity index (χ1) is 9.26. The van der Waals surface area contributed by atoms with Gasteiger partial charge in [-0.25, -0.2) is 4.68 Å². The van der Waals surface area contributed by atoms with Gasteiger partial charge in [-0.1, -0.05) is 13.8 Å². The summed E-state index contributed by atoms with van der Waals surface area (Å²) in [6, 6.07) is 0. The molecule has 1 aromatic rings. The summed E-state index contributed by atoms with van der Waals surface area (Å²) in [5, 5.41) is 10.2. The zero-order chi connectivity index (χ0) is 15.2. The largest absolute Gasteiger partial charge is 0.411 e. The second-order valence-corrected chi connectivity index (χ2v) is 5.00. The summed E-state index contributed by atoms with van der Waals surface area (Å²) in [4.78, 5) is 0. The number of nitrogens with zero attached hydrogens (tertiary/aromatic N) is 2. The average molecular weight is 310 g/mol. The van der Waals surface area contributed by atoms with Crippen LogP contribution >= 0.6 is 12.2 Å². The van der Waals surface area contributed by atoms with Crippen LogP contribution in [0.2, 0.25) is 0 Å². The van der Waals surface area contributed by atoms with Gasteiger partial charge < -0.3 is 15.4 Å². The highest BCUT2D eigenvalue weighted by Gasteiger charge is 2.27. The van der Waals surface area contributed by atoms with E-state index in [0.717, 1.165) is 6.54 Å². The molecule has 0 aliphatic rings. The van der Waals surface area contributed by atoms with Crippen LogP contribution in [0, 0.1) is 5.92 Å². The number of aromatic nitrogens is 2. The summed E-state index contributed by atoms with van der Waals surface area (Å²) in [6.07, 6.45) is -1.36. The van der Waals surface area contributed by atoms with Crippen molar-refractivity contribution in [1.29, 1.82) is 0 Å². The van der Waals surface area contributed by atoms with Crippen molar-refractivity contribution in [1.82, 2.24) is 15.1 Å². The number of anilines is 1. The van der Waals surface area contributed by atoms with Gasteiger partial charge in [-0.3, -0.25) is 0 Å². The first-order valence-electron chi connectivity index (χ1n) is 5.98. The molecule has 1 aromatic heterocycles. The van der Waals surface area contributed by atoms with Crippen molar-refractivity contribution >= 4 is 23.0 Å². The average Bonchev–Trinajstić information content (AvgIpc) is 2.72. The summed E-state index contributed by atoms with van der Waals surface area (Å²) < 4.78 is 41.4. The maximum atomic E-state index is 11.9. The molecule has 20 heavy (non-hydrogen) atoms. The molecule has 1 rings (SSSR count). The highest BCUT2D eigenvalue weighted by atomic mass is 32.1. The molecule has 5 nitrogen and oxygen atoms in total. The van der Waals surface area contributed by atoms with E-state index in [-0.39, 0.29) is 6.73 Å². The van der Waals surface area contributed by atoms with Crippen molar-refractivity contribution in [3.8, 4) is 0 Å². The van der Waals surface area contributed by atoms with Gasteiger partial charge in [0.05, 0.1) is 18.1 Å².